The van der Waals surface area contributed by atoms with Crippen molar-refractivity contribution in [1.29, 1.82) is 0 Å². The summed E-state index contributed by atoms with van der Waals surface area (Å²) in [6.07, 6.45) is 1.68. The predicted molar refractivity (Wildman–Crippen MR) is 143 cm³/mol. The molecule has 1 amide bonds. The molecule has 2 saturated heterocycles. The summed E-state index contributed by atoms with van der Waals surface area (Å²) in [5.41, 5.74) is 1.17. The van der Waals surface area contributed by atoms with Crippen LogP contribution in [0.1, 0.15) is 19.3 Å². The zero-order valence-corrected chi connectivity index (χ0v) is 21.5. The first-order valence-corrected chi connectivity index (χ1v) is 13.4. The first-order chi connectivity index (χ1) is 18.1. The number of hydrogen-bond acceptors (Lipinski definition) is 6. The van der Waals surface area contributed by atoms with Crippen molar-refractivity contribution >= 4 is 17.6 Å². The lowest BCUT2D eigenvalue weighted by molar-refractivity contribution is -0.140. The van der Waals surface area contributed by atoms with Crippen LogP contribution in [0.3, 0.4) is 0 Å². The van der Waals surface area contributed by atoms with Crippen molar-refractivity contribution in [2.75, 3.05) is 70.5 Å². The molecule has 0 saturated carbocycles. The van der Waals surface area contributed by atoms with Crippen LogP contribution in [0.25, 0.3) is 0 Å². The number of anilines is 1. The van der Waals surface area contributed by atoms with Gasteiger partial charge in [-0.2, -0.15) is 0 Å². The molecule has 0 aromatic heterocycles. The number of para-hydroxylation sites is 2. The number of hydrogen-bond donors (Lipinski definition) is 1. The maximum atomic E-state index is 12.9. The number of carbonyl (C=O) groups excluding carboxylic acids is 1. The molecule has 2 heterocycles. The monoisotopic (exact) mass is 509 g/mol. The van der Waals surface area contributed by atoms with E-state index < -0.39 is 5.97 Å². The number of rotatable bonds is 12. The molecule has 2 aromatic carbocycles. The van der Waals surface area contributed by atoms with E-state index in [1.165, 1.54) is 5.69 Å². The highest BCUT2D eigenvalue weighted by Crippen LogP contribution is 2.30. The van der Waals surface area contributed by atoms with Crippen LogP contribution in [0.15, 0.2) is 60.7 Å². The second-order valence-corrected chi connectivity index (χ2v) is 9.91. The summed E-state index contributed by atoms with van der Waals surface area (Å²) in [5.74, 6) is 0.0461. The van der Waals surface area contributed by atoms with Crippen molar-refractivity contribution in [1.82, 2.24) is 9.80 Å². The van der Waals surface area contributed by atoms with Gasteiger partial charge in [-0.05, 0) is 48.9 Å². The second-order valence-electron chi connectivity index (χ2n) is 9.91. The van der Waals surface area contributed by atoms with Crippen molar-refractivity contribution in [3.8, 4) is 5.75 Å². The highest BCUT2D eigenvalue weighted by Gasteiger charge is 2.33. The molecule has 1 N–H and O–H groups in total. The fourth-order valence-electron chi connectivity index (χ4n) is 5.30. The van der Waals surface area contributed by atoms with Crippen LogP contribution in [0.4, 0.5) is 5.69 Å². The van der Waals surface area contributed by atoms with Crippen molar-refractivity contribution in [3.05, 3.63) is 60.7 Å². The first kappa shape index (κ1) is 26.9. The van der Waals surface area contributed by atoms with Crippen LogP contribution in [0.5, 0.6) is 5.75 Å². The molecule has 8 heteroatoms. The van der Waals surface area contributed by atoms with E-state index in [9.17, 15) is 14.7 Å². The van der Waals surface area contributed by atoms with Gasteiger partial charge in [0.1, 0.15) is 5.75 Å². The summed E-state index contributed by atoms with van der Waals surface area (Å²) in [7, 11) is 0. The molecule has 37 heavy (non-hydrogen) atoms. The van der Waals surface area contributed by atoms with Gasteiger partial charge in [-0.1, -0.05) is 36.4 Å². The average molecular weight is 510 g/mol. The average Bonchev–Trinajstić information content (AvgIpc) is 2.94. The van der Waals surface area contributed by atoms with E-state index in [0.29, 0.717) is 25.3 Å². The van der Waals surface area contributed by atoms with Gasteiger partial charge in [-0.25, -0.2) is 0 Å². The van der Waals surface area contributed by atoms with Crippen molar-refractivity contribution < 1.29 is 24.2 Å². The third-order valence-electron chi connectivity index (χ3n) is 7.47. The largest absolute Gasteiger partial charge is 0.484 e. The lowest BCUT2D eigenvalue weighted by Gasteiger charge is -2.39. The highest BCUT2D eigenvalue weighted by molar-refractivity contribution is 5.78. The van der Waals surface area contributed by atoms with Gasteiger partial charge in [0.2, 0.25) is 0 Å². The van der Waals surface area contributed by atoms with Gasteiger partial charge in [0, 0.05) is 57.9 Å². The van der Waals surface area contributed by atoms with E-state index >= 15 is 0 Å². The number of piperidine rings is 1. The number of benzene rings is 2. The minimum absolute atomic E-state index is 0.00395. The standard InChI is InChI=1S/C29H39N3O5/c33-28(23-37-27-9-5-2-6-10-27)32-14-11-24(21-29(34)35)25(22-32)12-13-31(26-7-3-1-4-8-26)16-15-30-17-19-36-20-18-30/h1-10,24-25H,11-23H2,(H,34,35)/t24-,25-/m0/s1. The Morgan fingerprint density at radius 1 is 0.946 bits per heavy atom. The van der Waals surface area contributed by atoms with E-state index in [2.05, 4.69) is 34.1 Å². The quantitative estimate of drug-likeness (QED) is 0.470. The van der Waals surface area contributed by atoms with Crippen LogP contribution in [0.2, 0.25) is 0 Å². The van der Waals surface area contributed by atoms with E-state index in [-0.39, 0.29) is 30.8 Å². The number of amides is 1. The smallest absolute Gasteiger partial charge is 0.303 e. The highest BCUT2D eigenvalue weighted by atomic mass is 16.5. The normalized spacial score (nSPS) is 20.4. The Labute approximate surface area is 219 Å². The van der Waals surface area contributed by atoms with Crippen LogP contribution in [-0.2, 0) is 14.3 Å². The number of morpholine rings is 1. The molecular weight excluding hydrogens is 470 g/mol. The SMILES string of the molecule is O=C(O)C[C@@H]1CCN(C(=O)COc2ccccc2)C[C@@H]1CCN(CCN1CCOCC1)c1ccccc1. The molecule has 0 unspecified atom stereocenters. The van der Waals surface area contributed by atoms with Crippen molar-refractivity contribution in [3.63, 3.8) is 0 Å². The Balaban J connectivity index is 1.37. The van der Waals surface area contributed by atoms with E-state index in [4.69, 9.17) is 9.47 Å². The van der Waals surface area contributed by atoms with Crippen LogP contribution >= 0.6 is 0 Å². The Hall–Kier alpha value is -3.10. The summed E-state index contributed by atoms with van der Waals surface area (Å²) < 4.78 is 11.2. The Kier molecular flexibility index (Phi) is 10.2. The van der Waals surface area contributed by atoms with Gasteiger partial charge in [-0.3, -0.25) is 14.5 Å². The summed E-state index contributed by atoms with van der Waals surface area (Å²) >= 11 is 0. The predicted octanol–water partition coefficient (Wildman–Crippen LogP) is 3.23. The van der Waals surface area contributed by atoms with E-state index in [0.717, 1.165) is 52.4 Å². The Morgan fingerprint density at radius 3 is 2.35 bits per heavy atom. The molecule has 2 aliphatic heterocycles. The molecule has 2 fully saturated rings. The maximum absolute atomic E-state index is 12.9. The van der Waals surface area contributed by atoms with Gasteiger partial charge in [0.15, 0.2) is 6.61 Å². The van der Waals surface area contributed by atoms with Gasteiger partial charge in [0.25, 0.3) is 5.91 Å². The summed E-state index contributed by atoms with van der Waals surface area (Å²) in [5, 5.41) is 9.53. The molecule has 0 radical (unpaired) electrons. The molecule has 0 spiro atoms. The summed E-state index contributed by atoms with van der Waals surface area (Å²) in [4.78, 5) is 31.2. The fourth-order valence-corrected chi connectivity index (χ4v) is 5.30. The molecule has 0 bridgehead atoms. The Morgan fingerprint density at radius 2 is 1.65 bits per heavy atom. The molecule has 4 rings (SSSR count). The molecule has 200 valence electrons. The van der Waals surface area contributed by atoms with E-state index in [1.807, 2.05) is 41.3 Å². The molecular formula is C29H39N3O5. The third-order valence-corrected chi connectivity index (χ3v) is 7.47. The second kappa shape index (κ2) is 14.0. The zero-order chi connectivity index (χ0) is 25.9. The minimum atomic E-state index is -0.769. The number of carbonyl (C=O) groups is 2. The minimum Gasteiger partial charge on any atom is -0.484 e. The van der Waals surface area contributed by atoms with Crippen LogP contribution in [-0.4, -0.2) is 92.4 Å². The first-order valence-electron chi connectivity index (χ1n) is 13.4. The van der Waals surface area contributed by atoms with Crippen molar-refractivity contribution in [2.24, 2.45) is 11.8 Å². The molecule has 2 aliphatic rings. The molecule has 8 nitrogen and oxygen atoms in total. The number of likely N-dealkylation sites (tertiary alicyclic amines) is 1. The number of nitrogens with zero attached hydrogens (tertiary/aromatic N) is 3. The van der Waals surface area contributed by atoms with E-state index in [1.54, 1.807) is 0 Å². The topological polar surface area (TPSA) is 82.5 Å². The fraction of sp³-hybridized carbons (Fsp3) is 0.517. The van der Waals surface area contributed by atoms with Crippen LogP contribution in [0, 0.1) is 11.8 Å². The van der Waals surface area contributed by atoms with Gasteiger partial charge in [-0.15, -0.1) is 0 Å². The maximum Gasteiger partial charge on any atom is 0.303 e. The molecule has 2 aromatic rings. The number of carboxylic acids is 1. The molecule has 0 aliphatic carbocycles. The number of carboxylic acid groups (broad SMARTS) is 1. The third kappa shape index (κ3) is 8.47. The van der Waals surface area contributed by atoms with Crippen molar-refractivity contribution in [2.45, 2.75) is 19.3 Å². The van der Waals surface area contributed by atoms with Gasteiger partial charge >= 0.3 is 5.97 Å². The zero-order valence-electron chi connectivity index (χ0n) is 21.5. The number of ether oxygens (including phenoxy) is 2. The summed E-state index contributed by atoms with van der Waals surface area (Å²) in [6.45, 7) is 7.28. The lowest BCUT2D eigenvalue weighted by Crippen LogP contribution is -2.47. The van der Waals surface area contributed by atoms with Gasteiger partial charge in [0.05, 0.1) is 13.2 Å². The Bertz CT molecular complexity index is 968. The van der Waals surface area contributed by atoms with Crippen LogP contribution < -0.4 is 9.64 Å². The summed E-state index contributed by atoms with van der Waals surface area (Å²) in [6, 6.07) is 19.7. The lowest BCUT2D eigenvalue weighted by atomic mass is 9.81. The van der Waals surface area contributed by atoms with Gasteiger partial charge < -0.3 is 24.4 Å². The number of aliphatic carboxylic acids is 1. The molecule has 2 atom stereocenters.